The molecule has 0 radical (unpaired) electrons. The molecule has 1 amide bonds. The molecule has 2 N–H and O–H groups in total. The minimum atomic E-state index is -0.525. The Kier molecular flexibility index (Phi) is 6.45. The number of hydrogen-bond acceptors (Lipinski definition) is 6. The second-order valence-electron chi connectivity index (χ2n) is 7.17. The molecule has 0 saturated heterocycles. The van der Waals surface area contributed by atoms with E-state index in [2.05, 4.69) is 15.3 Å². The van der Waals surface area contributed by atoms with Crippen LogP contribution in [0.5, 0.6) is 11.5 Å². The van der Waals surface area contributed by atoms with Crippen molar-refractivity contribution in [3.63, 3.8) is 0 Å². The number of hydrogen-bond donors (Lipinski definition) is 2. The molecule has 1 aromatic heterocycles. The molecule has 1 unspecified atom stereocenters. The molecule has 2 aromatic carbocycles. The summed E-state index contributed by atoms with van der Waals surface area (Å²) in [6, 6.07) is 11.5. The lowest BCUT2D eigenvalue weighted by atomic mass is 9.86. The van der Waals surface area contributed by atoms with Crippen LogP contribution in [0, 0.1) is 5.82 Å². The number of ether oxygens (including phenoxy) is 2. The number of nitrogens with zero attached hydrogens (tertiary/aromatic N) is 1. The highest BCUT2D eigenvalue weighted by Gasteiger charge is 2.33. The first-order valence-corrected chi connectivity index (χ1v) is 11.1. The maximum atomic E-state index is 13.1. The van der Waals surface area contributed by atoms with Crippen molar-refractivity contribution >= 4 is 23.5 Å². The number of benzene rings is 2. The molecule has 32 heavy (non-hydrogen) atoms. The molecule has 0 aliphatic carbocycles. The number of H-pyrrole nitrogens is 1. The summed E-state index contributed by atoms with van der Waals surface area (Å²) < 4.78 is 24.3. The number of aromatic nitrogens is 2. The largest absolute Gasteiger partial charge is 0.493 e. The summed E-state index contributed by atoms with van der Waals surface area (Å²) in [5, 5.41) is 3.09. The fourth-order valence-corrected chi connectivity index (χ4v) is 4.50. The first kappa shape index (κ1) is 21.9. The lowest BCUT2D eigenvalue weighted by Gasteiger charge is -2.26. The molecule has 0 saturated carbocycles. The van der Waals surface area contributed by atoms with Crippen LogP contribution < -0.4 is 20.3 Å². The molecule has 9 heteroatoms. The van der Waals surface area contributed by atoms with Crippen molar-refractivity contribution in [1.82, 2.24) is 9.97 Å². The fraction of sp³-hybridized carbons (Fsp3) is 0.261. The smallest absolute Gasteiger partial charge is 0.257 e. The third-order valence-electron chi connectivity index (χ3n) is 5.11. The van der Waals surface area contributed by atoms with E-state index < -0.39 is 5.92 Å². The van der Waals surface area contributed by atoms with Crippen LogP contribution in [-0.4, -0.2) is 29.6 Å². The van der Waals surface area contributed by atoms with Crippen LogP contribution in [0.2, 0.25) is 0 Å². The van der Waals surface area contributed by atoms with Crippen LogP contribution in [-0.2, 0) is 10.5 Å². The Balaban J connectivity index is 1.70. The Labute approximate surface area is 188 Å². The van der Waals surface area contributed by atoms with Gasteiger partial charge in [-0.1, -0.05) is 36.0 Å². The van der Waals surface area contributed by atoms with Crippen LogP contribution in [0.1, 0.15) is 36.0 Å². The Morgan fingerprint density at radius 1 is 1.19 bits per heavy atom. The molecule has 0 bridgehead atoms. The zero-order valence-corrected chi connectivity index (χ0v) is 18.4. The number of methoxy groups -OCH3 is 1. The van der Waals surface area contributed by atoms with Crippen LogP contribution in [0.15, 0.2) is 52.4 Å². The highest BCUT2D eigenvalue weighted by Crippen LogP contribution is 2.42. The predicted molar refractivity (Wildman–Crippen MR) is 120 cm³/mol. The third-order valence-corrected chi connectivity index (χ3v) is 6.06. The number of rotatable bonds is 7. The Bertz CT molecular complexity index is 1200. The monoisotopic (exact) mass is 455 g/mol. The molecular formula is C23H22FN3O4S. The molecule has 2 heterocycles. The van der Waals surface area contributed by atoms with Gasteiger partial charge in [-0.3, -0.25) is 9.59 Å². The summed E-state index contributed by atoms with van der Waals surface area (Å²) in [5.41, 5.74) is 1.63. The number of carbonyl (C=O) groups excluding carboxylic acids is 1. The highest BCUT2D eigenvalue weighted by molar-refractivity contribution is 7.98. The van der Waals surface area contributed by atoms with Crippen molar-refractivity contribution in [3.05, 3.63) is 75.3 Å². The van der Waals surface area contributed by atoms with E-state index >= 15 is 0 Å². The van der Waals surface area contributed by atoms with Crippen molar-refractivity contribution in [1.29, 1.82) is 0 Å². The van der Waals surface area contributed by atoms with Crippen LogP contribution >= 0.6 is 11.8 Å². The molecule has 7 nitrogen and oxygen atoms in total. The second-order valence-corrected chi connectivity index (χ2v) is 8.13. The molecule has 0 fully saturated rings. The fourth-order valence-electron chi connectivity index (χ4n) is 3.68. The molecule has 0 spiro atoms. The average Bonchev–Trinajstić information content (AvgIpc) is 2.78. The van der Waals surface area contributed by atoms with Crippen molar-refractivity contribution in [2.24, 2.45) is 0 Å². The van der Waals surface area contributed by atoms with E-state index in [1.165, 1.54) is 23.9 Å². The van der Waals surface area contributed by atoms with Gasteiger partial charge in [-0.05, 0) is 30.7 Å². The van der Waals surface area contributed by atoms with E-state index in [1.54, 1.807) is 31.4 Å². The normalized spacial score (nSPS) is 15.1. The minimum Gasteiger partial charge on any atom is -0.493 e. The molecular weight excluding hydrogens is 433 g/mol. The van der Waals surface area contributed by atoms with E-state index in [0.29, 0.717) is 40.1 Å². The van der Waals surface area contributed by atoms with Gasteiger partial charge < -0.3 is 19.8 Å². The maximum Gasteiger partial charge on any atom is 0.257 e. The summed E-state index contributed by atoms with van der Waals surface area (Å²) in [5.74, 6) is 0.705. The molecule has 166 valence electrons. The number of thioether (sulfide) groups is 1. The van der Waals surface area contributed by atoms with Gasteiger partial charge in [-0.15, -0.1) is 0 Å². The minimum absolute atomic E-state index is 0.0903. The predicted octanol–water partition coefficient (Wildman–Crippen LogP) is 4.08. The van der Waals surface area contributed by atoms with Crippen LogP contribution in [0.4, 0.5) is 10.2 Å². The van der Waals surface area contributed by atoms with E-state index in [0.717, 1.165) is 5.56 Å². The third kappa shape index (κ3) is 4.47. The van der Waals surface area contributed by atoms with Gasteiger partial charge in [0.15, 0.2) is 16.7 Å². The summed E-state index contributed by atoms with van der Waals surface area (Å²) in [6.45, 7) is 2.27. The quantitative estimate of drug-likeness (QED) is 0.412. The van der Waals surface area contributed by atoms with Gasteiger partial charge in [0.25, 0.3) is 5.56 Å². The Hall–Kier alpha value is -3.33. The zero-order valence-electron chi connectivity index (χ0n) is 17.6. The standard InChI is InChI=1S/C23H22FN3O4S/c1-3-31-20-15(5-4-6-17(20)30-2)16-11-18(28)25-21-19(16)22(29)27-23(26-21)32-12-13-7-9-14(24)10-8-13/h4-10,16H,3,11-12H2,1-2H3,(H2,25,26,27,28,29). The average molecular weight is 456 g/mol. The molecule has 3 aromatic rings. The summed E-state index contributed by atoms with van der Waals surface area (Å²) in [7, 11) is 1.54. The lowest BCUT2D eigenvalue weighted by molar-refractivity contribution is -0.116. The van der Waals surface area contributed by atoms with Crippen molar-refractivity contribution in [2.75, 3.05) is 19.0 Å². The van der Waals surface area contributed by atoms with Crippen molar-refractivity contribution in [3.8, 4) is 11.5 Å². The Morgan fingerprint density at radius 2 is 1.97 bits per heavy atom. The van der Waals surface area contributed by atoms with E-state index in [4.69, 9.17) is 9.47 Å². The van der Waals surface area contributed by atoms with Gasteiger partial charge >= 0.3 is 0 Å². The van der Waals surface area contributed by atoms with Gasteiger partial charge in [0, 0.05) is 23.7 Å². The van der Waals surface area contributed by atoms with E-state index in [9.17, 15) is 14.0 Å². The SMILES string of the molecule is CCOc1c(OC)cccc1C1CC(=O)Nc2nc(SCc3ccc(F)cc3)[nH]c(=O)c21. The van der Waals surface area contributed by atoms with E-state index in [1.807, 2.05) is 13.0 Å². The van der Waals surface area contributed by atoms with Gasteiger partial charge in [0.1, 0.15) is 11.6 Å². The van der Waals surface area contributed by atoms with Gasteiger partial charge in [0.05, 0.1) is 19.3 Å². The zero-order chi connectivity index (χ0) is 22.7. The highest BCUT2D eigenvalue weighted by atomic mass is 32.2. The van der Waals surface area contributed by atoms with Gasteiger partial charge in [-0.2, -0.15) is 0 Å². The topological polar surface area (TPSA) is 93.3 Å². The molecule has 1 aliphatic heterocycles. The second kappa shape index (κ2) is 9.44. The number of halogens is 1. The van der Waals surface area contributed by atoms with Gasteiger partial charge in [0.2, 0.25) is 5.91 Å². The number of para-hydroxylation sites is 1. The molecule has 4 rings (SSSR count). The number of anilines is 1. The summed E-state index contributed by atoms with van der Waals surface area (Å²) in [6.07, 6.45) is 0.0903. The number of carbonyl (C=O) groups is 1. The first-order chi connectivity index (χ1) is 15.5. The van der Waals surface area contributed by atoms with Crippen molar-refractivity contribution < 1.29 is 18.7 Å². The number of nitrogens with one attached hydrogen (secondary N) is 2. The summed E-state index contributed by atoms with van der Waals surface area (Å²) >= 11 is 1.30. The number of fused-ring (bicyclic) bond motifs is 1. The Morgan fingerprint density at radius 3 is 2.69 bits per heavy atom. The van der Waals surface area contributed by atoms with E-state index in [-0.39, 0.29) is 29.5 Å². The number of amides is 1. The molecule has 1 aliphatic rings. The first-order valence-electron chi connectivity index (χ1n) is 10.1. The maximum absolute atomic E-state index is 13.1. The lowest BCUT2D eigenvalue weighted by Crippen LogP contribution is -2.31. The molecule has 1 atom stereocenters. The van der Waals surface area contributed by atoms with Gasteiger partial charge in [-0.25, -0.2) is 9.37 Å². The summed E-state index contributed by atoms with van der Waals surface area (Å²) in [4.78, 5) is 32.9. The van der Waals surface area contributed by atoms with Crippen LogP contribution in [0.3, 0.4) is 0 Å². The number of aromatic amines is 1. The van der Waals surface area contributed by atoms with Crippen molar-refractivity contribution in [2.45, 2.75) is 30.2 Å². The van der Waals surface area contributed by atoms with Crippen LogP contribution in [0.25, 0.3) is 0 Å².